The minimum absolute atomic E-state index is 0.304. The first-order valence-electron chi connectivity index (χ1n) is 6.97. The van der Waals surface area contributed by atoms with Crippen molar-refractivity contribution in [3.05, 3.63) is 11.7 Å². The highest BCUT2D eigenvalue weighted by atomic mass is 16.5. The molecule has 2 rings (SSSR count). The van der Waals surface area contributed by atoms with Crippen LogP contribution in [0.5, 0.6) is 0 Å². The first-order chi connectivity index (χ1) is 8.69. The lowest BCUT2D eigenvalue weighted by molar-refractivity contribution is 0.243. The maximum atomic E-state index is 5.24. The first-order valence-corrected chi connectivity index (χ1v) is 6.97. The molecule has 0 saturated carbocycles. The van der Waals surface area contributed by atoms with Gasteiger partial charge in [-0.05, 0) is 25.9 Å². The average Bonchev–Trinajstić information content (AvgIpc) is 2.99. The smallest absolute Gasteiger partial charge is 0.229 e. The number of nitrogens with one attached hydrogen (secondary N) is 1. The van der Waals surface area contributed by atoms with Crippen molar-refractivity contribution in [2.24, 2.45) is 0 Å². The van der Waals surface area contributed by atoms with Gasteiger partial charge in [-0.2, -0.15) is 4.98 Å². The highest BCUT2D eigenvalue weighted by Gasteiger charge is 2.19. The monoisotopic (exact) mass is 252 g/mol. The summed E-state index contributed by atoms with van der Waals surface area (Å²) in [5, 5.41) is 7.58. The fourth-order valence-corrected chi connectivity index (χ4v) is 2.30. The molecule has 0 aromatic carbocycles. The zero-order valence-electron chi connectivity index (χ0n) is 11.6. The standard InChI is InChI=1S/C13H24N4O/c1-4-17(8-11-6-5-7-14-11)9-12-15-13(10(2)3)18-16-12/h10-11,14H,4-9H2,1-3H3. The van der Waals surface area contributed by atoms with Crippen molar-refractivity contribution in [1.82, 2.24) is 20.4 Å². The Kier molecular flexibility index (Phi) is 4.72. The second-order valence-electron chi connectivity index (χ2n) is 5.32. The molecule has 5 nitrogen and oxygen atoms in total. The molecular weight excluding hydrogens is 228 g/mol. The van der Waals surface area contributed by atoms with Crippen LogP contribution in [0, 0.1) is 0 Å². The van der Waals surface area contributed by atoms with Gasteiger partial charge in [0.15, 0.2) is 5.82 Å². The molecule has 0 amide bonds. The van der Waals surface area contributed by atoms with Gasteiger partial charge in [0, 0.05) is 18.5 Å². The van der Waals surface area contributed by atoms with Gasteiger partial charge in [-0.3, -0.25) is 4.90 Å². The van der Waals surface area contributed by atoms with E-state index >= 15 is 0 Å². The van der Waals surface area contributed by atoms with E-state index in [1.54, 1.807) is 0 Å². The molecule has 1 fully saturated rings. The molecule has 1 atom stereocenters. The Labute approximate surface area is 109 Å². The Balaban J connectivity index is 1.88. The summed E-state index contributed by atoms with van der Waals surface area (Å²) in [6.07, 6.45) is 2.57. The molecule has 5 heteroatoms. The second kappa shape index (κ2) is 6.29. The van der Waals surface area contributed by atoms with Gasteiger partial charge in [0.05, 0.1) is 6.54 Å². The molecule has 0 aliphatic carbocycles. The number of hydrogen-bond donors (Lipinski definition) is 1. The SMILES string of the molecule is CCN(Cc1noc(C(C)C)n1)CC1CCCN1. The van der Waals surface area contributed by atoms with Gasteiger partial charge in [0.2, 0.25) is 5.89 Å². The van der Waals surface area contributed by atoms with E-state index in [1.807, 2.05) is 0 Å². The van der Waals surface area contributed by atoms with Crippen molar-refractivity contribution in [3.8, 4) is 0 Å². The van der Waals surface area contributed by atoms with Gasteiger partial charge in [-0.15, -0.1) is 0 Å². The maximum Gasteiger partial charge on any atom is 0.229 e. The van der Waals surface area contributed by atoms with Gasteiger partial charge in [0.1, 0.15) is 0 Å². The summed E-state index contributed by atoms with van der Waals surface area (Å²) >= 11 is 0. The topological polar surface area (TPSA) is 54.2 Å². The molecule has 1 aliphatic heterocycles. The lowest BCUT2D eigenvalue weighted by atomic mass is 10.2. The minimum atomic E-state index is 0.304. The number of rotatable bonds is 6. The largest absolute Gasteiger partial charge is 0.339 e. The van der Waals surface area contributed by atoms with E-state index in [9.17, 15) is 0 Å². The van der Waals surface area contributed by atoms with Crippen LogP contribution in [0.2, 0.25) is 0 Å². The van der Waals surface area contributed by atoms with Crippen LogP contribution in [-0.2, 0) is 6.54 Å². The van der Waals surface area contributed by atoms with Crippen molar-refractivity contribution in [1.29, 1.82) is 0 Å². The van der Waals surface area contributed by atoms with Crippen molar-refractivity contribution in [2.45, 2.75) is 52.1 Å². The van der Waals surface area contributed by atoms with E-state index in [0.717, 1.165) is 37.9 Å². The van der Waals surface area contributed by atoms with E-state index in [1.165, 1.54) is 12.8 Å². The Bertz CT molecular complexity index is 358. The summed E-state index contributed by atoms with van der Waals surface area (Å²) in [7, 11) is 0. The van der Waals surface area contributed by atoms with Crippen molar-refractivity contribution >= 4 is 0 Å². The summed E-state index contributed by atoms with van der Waals surface area (Å²) in [6, 6.07) is 0.626. The number of aromatic nitrogens is 2. The molecule has 0 bridgehead atoms. The maximum absolute atomic E-state index is 5.24. The Morgan fingerprint density at radius 3 is 2.89 bits per heavy atom. The quantitative estimate of drug-likeness (QED) is 0.836. The number of likely N-dealkylation sites (N-methyl/N-ethyl adjacent to an activating group) is 1. The summed E-state index contributed by atoms with van der Waals surface area (Å²) in [6.45, 7) is 10.3. The molecule has 1 aromatic rings. The lowest BCUT2D eigenvalue weighted by Gasteiger charge is -2.22. The highest BCUT2D eigenvalue weighted by molar-refractivity contribution is 4.91. The Morgan fingerprint density at radius 2 is 2.33 bits per heavy atom. The third kappa shape index (κ3) is 3.53. The van der Waals surface area contributed by atoms with Gasteiger partial charge >= 0.3 is 0 Å². The van der Waals surface area contributed by atoms with Crippen molar-refractivity contribution in [3.63, 3.8) is 0 Å². The molecule has 1 saturated heterocycles. The van der Waals surface area contributed by atoms with Crippen LogP contribution < -0.4 is 5.32 Å². The van der Waals surface area contributed by atoms with E-state index in [2.05, 4.69) is 41.1 Å². The molecule has 1 unspecified atom stereocenters. The zero-order valence-corrected chi connectivity index (χ0v) is 11.6. The molecule has 18 heavy (non-hydrogen) atoms. The molecule has 102 valence electrons. The third-order valence-corrected chi connectivity index (χ3v) is 3.43. The Morgan fingerprint density at radius 1 is 1.50 bits per heavy atom. The van der Waals surface area contributed by atoms with Gasteiger partial charge < -0.3 is 9.84 Å². The summed E-state index contributed by atoms with van der Waals surface area (Å²) in [4.78, 5) is 6.81. The zero-order chi connectivity index (χ0) is 13.0. The second-order valence-corrected chi connectivity index (χ2v) is 5.32. The van der Waals surface area contributed by atoms with E-state index in [0.29, 0.717) is 12.0 Å². The molecule has 1 N–H and O–H groups in total. The number of nitrogens with zero attached hydrogens (tertiary/aromatic N) is 3. The molecule has 0 spiro atoms. The minimum Gasteiger partial charge on any atom is -0.339 e. The lowest BCUT2D eigenvalue weighted by Crippen LogP contribution is -2.37. The fraction of sp³-hybridized carbons (Fsp3) is 0.846. The molecule has 2 heterocycles. The molecular formula is C13H24N4O. The van der Waals surface area contributed by atoms with Crippen LogP contribution in [0.25, 0.3) is 0 Å². The Hall–Kier alpha value is -0.940. The van der Waals surface area contributed by atoms with Gasteiger partial charge in [0.25, 0.3) is 0 Å². The first kappa shape index (κ1) is 13.5. The molecule has 1 aromatic heterocycles. The fourth-order valence-electron chi connectivity index (χ4n) is 2.30. The van der Waals surface area contributed by atoms with Gasteiger partial charge in [-0.1, -0.05) is 25.9 Å². The number of hydrogen-bond acceptors (Lipinski definition) is 5. The van der Waals surface area contributed by atoms with Crippen molar-refractivity contribution in [2.75, 3.05) is 19.6 Å². The van der Waals surface area contributed by atoms with Crippen LogP contribution in [0.4, 0.5) is 0 Å². The van der Waals surface area contributed by atoms with E-state index < -0.39 is 0 Å². The van der Waals surface area contributed by atoms with Gasteiger partial charge in [-0.25, -0.2) is 0 Å². The summed E-state index contributed by atoms with van der Waals surface area (Å²) < 4.78 is 5.24. The van der Waals surface area contributed by atoms with Crippen LogP contribution in [0.1, 0.15) is 51.2 Å². The molecule has 1 aliphatic rings. The van der Waals surface area contributed by atoms with Crippen LogP contribution in [0.3, 0.4) is 0 Å². The summed E-state index contributed by atoms with van der Waals surface area (Å²) in [5.74, 6) is 1.84. The normalized spacial score (nSPS) is 20.2. The van der Waals surface area contributed by atoms with E-state index in [4.69, 9.17) is 4.52 Å². The highest BCUT2D eigenvalue weighted by Crippen LogP contribution is 2.13. The van der Waals surface area contributed by atoms with Crippen molar-refractivity contribution < 1.29 is 4.52 Å². The van der Waals surface area contributed by atoms with Crippen LogP contribution >= 0.6 is 0 Å². The van der Waals surface area contributed by atoms with Crippen LogP contribution in [-0.4, -0.2) is 40.7 Å². The average molecular weight is 252 g/mol. The predicted octanol–water partition coefficient (Wildman–Crippen LogP) is 1.77. The predicted molar refractivity (Wildman–Crippen MR) is 70.4 cm³/mol. The molecule has 0 radical (unpaired) electrons. The van der Waals surface area contributed by atoms with Crippen LogP contribution in [0.15, 0.2) is 4.52 Å². The summed E-state index contributed by atoms with van der Waals surface area (Å²) in [5.41, 5.74) is 0. The van der Waals surface area contributed by atoms with E-state index in [-0.39, 0.29) is 0 Å². The third-order valence-electron chi connectivity index (χ3n) is 3.43.